The number of ether oxygens (including phenoxy) is 1. The average Bonchev–Trinajstić information content (AvgIpc) is 2.39. The van der Waals surface area contributed by atoms with E-state index in [2.05, 4.69) is 6.58 Å². The molecule has 3 nitrogen and oxygen atoms in total. The quantitative estimate of drug-likeness (QED) is 0.595. The molecule has 0 aliphatic rings. The van der Waals surface area contributed by atoms with Gasteiger partial charge in [-0.2, -0.15) is 0 Å². The number of esters is 1. The number of benzene rings is 1. The summed E-state index contributed by atoms with van der Waals surface area (Å²) in [4.78, 5) is 11.6. The van der Waals surface area contributed by atoms with Crippen LogP contribution in [0.3, 0.4) is 0 Å². The molecule has 0 aromatic heterocycles. The Morgan fingerprint density at radius 3 is 2.67 bits per heavy atom. The van der Waals surface area contributed by atoms with Crippen molar-refractivity contribution < 1.29 is 14.6 Å². The summed E-state index contributed by atoms with van der Waals surface area (Å²) in [7, 11) is 0. The second-order valence-corrected chi connectivity index (χ2v) is 4.11. The Morgan fingerprint density at radius 2 is 2.11 bits per heavy atom. The lowest BCUT2D eigenvalue weighted by molar-refractivity contribution is -0.149. The summed E-state index contributed by atoms with van der Waals surface area (Å²) in [5.74, 6) is -1.05. The van der Waals surface area contributed by atoms with Gasteiger partial charge in [-0.3, -0.25) is 4.79 Å². The van der Waals surface area contributed by atoms with E-state index in [0.29, 0.717) is 13.0 Å². The summed E-state index contributed by atoms with van der Waals surface area (Å²) >= 11 is 0. The van der Waals surface area contributed by atoms with Crippen molar-refractivity contribution >= 4 is 5.97 Å². The predicted octanol–water partition coefficient (Wildman–Crippen LogP) is 2.35. The minimum absolute atomic E-state index is 0.314. The first-order valence-corrected chi connectivity index (χ1v) is 6.20. The van der Waals surface area contributed by atoms with Gasteiger partial charge in [-0.1, -0.05) is 36.4 Å². The molecule has 18 heavy (non-hydrogen) atoms. The van der Waals surface area contributed by atoms with E-state index in [-0.39, 0.29) is 0 Å². The second kappa shape index (κ2) is 7.67. The first-order valence-electron chi connectivity index (χ1n) is 6.20. The molecule has 3 heteroatoms. The molecule has 1 aromatic rings. The molecule has 0 amide bonds. The summed E-state index contributed by atoms with van der Waals surface area (Å²) in [5, 5.41) is 10.00. The molecule has 2 atom stereocenters. The number of carbonyl (C=O) groups excluding carboxylic acids is 1. The predicted molar refractivity (Wildman–Crippen MR) is 71.1 cm³/mol. The molecular weight excluding hydrogens is 228 g/mol. The lowest BCUT2D eigenvalue weighted by atomic mass is 9.96. The Labute approximate surface area is 108 Å². The van der Waals surface area contributed by atoms with Gasteiger partial charge in [-0.15, -0.1) is 6.58 Å². The zero-order chi connectivity index (χ0) is 13.4. The third-order valence-electron chi connectivity index (χ3n) is 2.80. The number of carbonyl (C=O) groups is 1. The molecule has 1 N–H and O–H groups in total. The summed E-state index contributed by atoms with van der Waals surface area (Å²) in [5.41, 5.74) is 1.14. The van der Waals surface area contributed by atoms with Gasteiger partial charge < -0.3 is 9.84 Å². The third kappa shape index (κ3) is 4.34. The van der Waals surface area contributed by atoms with E-state index in [1.807, 2.05) is 30.3 Å². The molecular formula is C15H20O3. The lowest BCUT2D eigenvalue weighted by Crippen LogP contribution is -2.28. The molecule has 0 heterocycles. The first kappa shape index (κ1) is 14.5. The van der Waals surface area contributed by atoms with Crippen molar-refractivity contribution in [2.45, 2.75) is 25.9 Å². The zero-order valence-electron chi connectivity index (χ0n) is 10.7. The number of hydrogen-bond donors (Lipinski definition) is 1. The maximum Gasteiger partial charge on any atom is 0.315 e. The first-order chi connectivity index (χ1) is 8.69. The van der Waals surface area contributed by atoms with Crippen LogP contribution in [-0.4, -0.2) is 23.8 Å². The van der Waals surface area contributed by atoms with Gasteiger partial charge in [0, 0.05) is 0 Å². The Kier molecular flexibility index (Phi) is 6.15. The van der Waals surface area contributed by atoms with Gasteiger partial charge in [0.25, 0.3) is 0 Å². The van der Waals surface area contributed by atoms with Crippen LogP contribution in [0.25, 0.3) is 0 Å². The molecule has 0 radical (unpaired) electrons. The highest BCUT2D eigenvalue weighted by Crippen LogP contribution is 2.14. The third-order valence-corrected chi connectivity index (χ3v) is 2.80. The van der Waals surface area contributed by atoms with E-state index >= 15 is 0 Å². The van der Waals surface area contributed by atoms with Gasteiger partial charge in [0.15, 0.2) is 0 Å². The molecule has 1 aromatic carbocycles. The maximum absolute atomic E-state index is 11.6. The molecule has 0 saturated heterocycles. The smallest absolute Gasteiger partial charge is 0.315 e. The summed E-state index contributed by atoms with van der Waals surface area (Å²) in [6.45, 7) is 5.64. The second-order valence-electron chi connectivity index (χ2n) is 4.11. The van der Waals surface area contributed by atoms with E-state index in [1.54, 1.807) is 6.92 Å². The van der Waals surface area contributed by atoms with Crippen LogP contribution in [0.15, 0.2) is 43.0 Å². The molecule has 0 fully saturated rings. The summed E-state index contributed by atoms with van der Waals surface area (Å²) in [6.07, 6.45) is 1.94. The molecule has 0 aliphatic heterocycles. The van der Waals surface area contributed by atoms with Gasteiger partial charge in [-0.05, 0) is 25.3 Å². The van der Waals surface area contributed by atoms with Crippen molar-refractivity contribution in [1.29, 1.82) is 0 Å². The SMILES string of the molecule is C=C[C@H](C(=O)OCC)[C@H](O)CCc1ccccc1. The maximum atomic E-state index is 11.6. The van der Waals surface area contributed by atoms with E-state index in [4.69, 9.17) is 4.74 Å². The zero-order valence-corrected chi connectivity index (χ0v) is 10.7. The van der Waals surface area contributed by atoms with E-state index < -0.39 is 18.0 Å². The molecule has 0 unspecified atom stereocenters. The van der Waals surface area contributed by atoms with Gasteiger partial charge in [0.05, 0.1) is 12.7 Å². The number of aliphatic hydroxyl groups excluding tert-OH is 1. The van der Waals surface area contributed by atoms with Crippen molar-refractivity contribution in [1.82, 2.24) is 0 Å². The highest BCUT2D eigenvalue weighted by atomic mass is 16.5. The van der Waals surface area contributed by atoms with Crippen molar-refractivity contribution in [3.8, 4) is 0 Å². The van der Waals surface area contributed by atoms with E-state index in [9.17, 15) is 9.90 Å². The molecule has 1 rings (SSSR count). The minimum Gasteiger partial charge on any atom is -0.465 e. The fourth-order valence-electron chi connectivity index (χ4n) is 1.79. The lowest BCUT2D eigenvalue weighted by Gasteiger charge is -2.18. The van der Waals surface area contributed by atoms with Crippen molar-refractivity contribution in [2.75, 3.05) is 6.61 Å². The van der Waals surface area contributed by atoms with Gasteiger partial charge in [0.2, 0.25) is 0 Å². The van der Waals surface area contributed by atoms with Crippen LogP contribution in [0.4, 0.5) is 0 Å². The Hall–Kier alpha value is -1.61. The van der Waals surface area contributed by atoms with Crippen LogP contribution < -0.4 is 0 Å². The van der Waals surface area contributed by atoms with Crippen LogP contribution in [0.5, 0.6) is 0 Å². The summed E-state index contributed by atoms with van der Waals surface area (Å²) < 4.78 is 4.90. The number of rotatable bonds is 7. The molecule has 98 valence electrons. The van der Waals surface area contributed by atoms with E-state index in [0.717, 1.165) is 12.0 Å². The highest BCUT2D eigenvalue weighted by molar-refractivity contribution is 5.75. The molecule has 0 spiro atoms. The van der Waals surface area contributed by atoms with Crippen LogP contribution in [0.2, 0.25) is 0 Å². The number of aryl methyl sites for hydroxylation is 1. The molecule has 0 bridgehead atoms. The van der Waals surface area contributed by atoms with Gasteiger partial charge >= 0.3 is 5.97 Å². The highest BCUT2D eigenvalue weighted by Gasteiger charge is 2.24. The fraction of sp³-hybridized carbons (Fsp3) is 0.400. The van der Waals surface area contributed by atoms with Crippen LogP contribution in [0, 0.1) is 5.92 Å². The monoisotopic (exact) mass is 248 g/mol. The number of aliphatic hydroxyl groups is 1. The van der Waals surface area contributed by atoms with Crippen molar-refractivity contribution in [2.24, 2.45) is 5.92 Å². The van der Waals surface area contributed by atoms with Crippen LogP contribution >= 0.6 is 0 Å². The normalized spacial score (nSPS) is 13.7. The van der Waals surface area contributed by atoms with Crippen LogP contribution in [0.1, 0.15) is 18.9 Å². The number of hydrogen-bond acceptors (Lipinski definition) is 3. The molecule has 0 aliphatic carbocycles. The Balaban J connectivity index is 2.50. The largest absolute Gasteiger partial charge is 0.465 e. The fourth-order valence-corrected chi connectivity index (χ4v) is 1.79. The van der Waals surface area contributed by atoms with Gasteiger partial charge in [-0.25, -0.2) is 0 Å². The summed E-state index contributed by atoms with van der Waals surface area (Å²) in [6, 6.07) is 9.86. The van der Waals surface area contributed by atoms with E-state index in [1.165, 1.54) is 6.08 Å². The Morgan fingerprint density at radius 1 is 1.44 bits per heavy atom. The average molecular weight is 248 g/mol. The standard InChI is InChI=1S/C15H20O3/c1-3-13(15(17)18-4-2)14(16)11-10-12-8-6-5-7-9-12/h3,5-9,13-14,16H,1,4,10-11H2,2H3/t13-,14+/m0/s1. The topological polar surface area (TPSA) is 46.5 Å². The van der Waals surface area contributed by atoms with Crippen LogP contribution in [-0.2, 0) is 16.0 Å². The molecule has 0 saturated carbocycles. The van der Waals surface area contributed by atoms with Gasteiger partial charge in [0.1, 0.15) is 5.92 Å². The van der Waals surface area contributed by atoms with Crippen molar-refractivity contribution in [3.05, 3.63) is 48.6 Å². The minimum atomic E-state index is -0.748. The Bertz CT molecular complexity index is 373. The van der Waals surface area contributed by atoms with Crippen molar-refractivity contribution in [3.63, 3.8) is 0 Å².